The molecular formula is C11H14N2O4. The Morgan fingerprint density at radius 3 is 2.76 bits per heavy atom. The summed E-state index contributed by atoms with van der Waals surface area (Å²) in [6.07, 6.45) is 3.44. The summed E-state index contributed by atoms with van der Waals surface area (Å²) in [5.74, 6) is -0.388. The van der Waals surface area contributed by atoms with Crippen molar-refractivity contribution in [3.63, 3.8) is 0 Å². The molecule has 1 aliphatic carbocycles. The van der Waals surface area contributed by atoms with Crippen LogP contribution in [0.2, 0.25) is 0 Å². The highest BCUT2D eigenvalue weighted by Crippen LogP contribution is 2.36. The molecule has 1 unspecified atom stereocenters. The predicted octanol–water partition coefficient (Wildman–Crippen LogP) is 0.281. The Hall–Kier alpha value is -1.85. The average Bonchev–Trinajstić information content (AvgIpc) is 3.04. The zero-order valence-corrected chi connectivity index (χ0v) is 9.47. The number of H-pyrrole nitrogens is 1. The smallest absolute Gasteiger partial charge is 0.342 e. The van der Waals surface area contributed by atoms with Crippen molar-refractivity contribution in [2.24, 2.45) is 11.8 Å². The number of carboxylic acid groups (broad SMARTS) is 1. The molecule has 2 rings (SSSR count). The molecule has 0 spiro atoms. The van der Waals surface area contributed by atoms with Crippen molar-refractivity contribution >= 4 is 5.97 Å². The van der Waals surface area contributed by atoms with Gasteiger partial charge in [0, 0.05) is 12.7 Å². The first kappa shape index (κ1) is 11.6. The minimum absolute atomic E-state index is 0.320. The number of nitrogens with one attached hydrogen (secondary N) is 1. The van der Waals surface area contributed by atoms with Gasteiger partial charge in [-0.3, -0.25) is 14.3 Å². The van der Waals surface area contributed by atoms with Crippen molar-refractivity contribution in [2.45, 2.75) is 26.3 Å². The molecule has 0 aliphatic heterocycles. The summed E-state index contributed by atoms with van der Waals surface area (Å²) in [6.45, 7) is 2.47. The quantitative estimate of drug-likeness (QED) is 0.788. The van der Waals surface area contributed by atoms with Crippen molar-refractivity contribution in [1.29, 1.82) is 0 Å². The maximum absolute atomic E-state index is 11.5. The molecule has 92 valence electrons. The van der Waals surface area contributed by atoms with Gasteiger partial charge in [0.2, 0.25) is 0 Å². The molecule has 1 aliphatic rings. The number of aromatic carboxylic acids is 1. The van der Waals surface area contributed by atoms with E-state index in [2.05, 4.69) is 0 Å². The van der Waals surface area contributed by atoms with E-state index in [-0.39, 0.29) is 0 Å². The Labute approximate surface area is 96.9 Å². The molecule has 17 heavy (non-hydrogen) atoms. The Kier molecular flexibility index (Phi) is 2.87. The molecule has 1 aromatic heterocycles. The first-order valence-electron chi connectivity index (χ1n) is 5.56. The third-order valence-electron chi connectivity index (χ3n) is 3.15. The van der Waals surface area contributed by atoms with Gasteiger partial charge in [-0.05, 0) is 24.7 Å². The van der Waals surface area contributed by atoms with Crippen LogP contribution in [0.5, 0.6) is 0 Å². The van der Waals surface area contributed by atoms with Crippen LogP contribution in [0.15, 0.2) is 15.8 Å². The fourth-order valence-electron chi connectivity index (χ4n) is 1.92. The molecule has 1 atom stereocenters. The van der Waals surface area contributed by atoms with E-state index in [0.29, 0.717) is 18.4 Å². The number of nitrogens with zero attached hydrogens (tertiary/aromatic N) is 1. The second-order valence-corrected chi connectivity index (χ2v) is 4.57. The van der Waals surface area contributed by atoms with E-state index in [1.54, 1.807) is 0 Å². The zero-order chi connectivity index (χ0) is 12.6. The van der Waals surface area contributed by atoms with Crippen LogP contribution in [0.3, 0.4) is 0 Å². The number of rotatable bonds is 4. The van der Waals surface area contributed by atoms with Gasteiger partial charge in [-0.1, -0.05) is 6.92 Å². The summed E-state index contributed by atoms with van der Waals surface area (Å²) in [5, 5.41) is 8.80. The maximum Gasteiger partial charge on any atom is 0.342 e. The average molecular weight is 238 g/mol. The minimum atomic E-state index is -1.32. The van der Waals surface area contributed by atoms with Crippen LogP contribution in [0.4, 0.5) is 0 Å². The summed E-state index contributed by atoms with van der Waals surface area (Å²) in [4.78, 5) is 35.5. The van der Waals surface area contributed by atoms with E-state index in [9.17, 15) is 14.4 Å². The van der Waals surface area contributed by atoms with Gasteiger partial charge in [-0.2, -0.15) is 0 Å². The number of carbonyl (C=O) groups is 1. The van der Waals surface area contributed by atoms with Crippen molar-refractivity contribution in [3.05, 3.63) is 32.6 Å². The lowest BCUT2D eigenvalue weighted by Crippen LogP contribution is -2.34. The molecule has 1 heterocycles. The van der Waals surface area contributed by atoms with E-state index >= 15 is 0 Å². The Morgan fingerprint density at radius 2 is 2.24 bits per heavy atom. The molecule has 0 radical (unpaired) electrons. The molecule has 0 aromatic carbocycles. The van der Waals surface area contributed by atoms with Gasteiger partial charge >= 0.3 is 11.7 Å². The van der Waals surface area contributed by atoms with Crippen LogP contribution in [0.25, 0.3) is 0 Å². The van der Waals surface area contributed by atoms with Crippen molar-refractivity contribution < 1.29 is 9.90 Å². The van der Waals surface area contributed by atoms with Crippen LogP contribution >= 0.6 is 0 Å². The fraction of sp³-hybridized carbons (Fsp3) is 0.545. The Balaban J connectivity index is 2.32. The molecule has 1 fully saturated rings. The van der Waals surface area contributed by atoms with Gasteiger partial charge in [0.05, 0.1) is 0 Å². The van der Waals surface area contributed by atoms with Gasteiger partial charge in [-0.25, -0.2) is 9.59 Å². The largest absolute Gasteiger partial charge is 0.477 e. The van der Waals surface area contributed by atoms with E-state index in [1.165, 1.54) is 4.57 Å². The highest BCUT2D eigenvalue weighted by molar-refractivity contribution is 5.86. The first-order valence-corrected chi connectivity index (χ1v) is 5.56. The van der Waals surface area contributed by atoms with Gasteiger partial charge in [0.1, 0.15) is 5.56 Å². The van der Waals surface area contributed by atoms with Crippen LogP contribution in [0.1, 0.15) is 30.1 Å². The number of carboxylic acids is 1. The zero-order valence-electron chi connectivity index (χ0n) is 9.47. The molecule has 1 aromatic rings. The van der Waals surface area contributed by atoms with Crippen LogP contribution in [0, 0.1) is 11.8 Å². The highest BCUT2D eigenvalue weighted by atomic mass is 16.4. The Bertz CT molecular complexity index is 553. The highest BCUT2D eigenvalue weighted by Gasteiger charge is 2.28. The fourth-order valence-corrected chi connectivity index (χ4v) is 1.92. The topological polar surface area (TPSA) is 92.2 Å². The number of hydrogen-bond acceptors (Lipinski definition) is 3. The number of hydrogen-bond donors (Lipinski definition) is 2. The maximum atomic E-state index is 11.5. The lowest BCUT2D eigenvalue weighted by molar-refractivity contribution is 0.0693. The number of aromatic amines is 1. The second-order valence-electron chi connectivity index (χ2n) is 4.57. The lowest BCUT2D eigenvalue weighted by atomic mass is 10.1. The van der Waals surface area contributed by atoms with Crippen LogP contribution < -0.4 is 11.2 Å². The Morgan fingerprint density at radius 1 is 1.59 bits per heavy atom. The standard InChI is InChI=1S/C11H14N2O4/c1-6(7-2-3-7)4-13-5-8(10(15)16)9(14)12-11(13)17/h5-7H,2-4H2,1H3,(H,15,16)(H,12,14,17). The summed E-state index contributed by atoms with van der Waals surface area (Å²) >= 11 is 0. The van der Waals surface area contributed by atoms with Gasteiger partial charge in [0.25, 0.3) is 5.56 Å². The van der Waals surface area contributed by atoms with E-state index in [4.69, 9.17) is 5.11 Å². The summed E-state index contributed by atoms with van der Waals surface area (Å²) < 4.78 is 1.27. The van der Waals surface area contributed by atoms with Crippen molar-refractivity contribution in [3.8, 4) is 0 Å². The SMILES string of the molecule is CC(Cn1cc(C(=O)O)c(=O)[nH]c1=O)C1CC1. The van der Waals surface area contributed by atoms with Gasteiger partial charge in [-0.15, -0.1) is 0 Å². The normalized spacial score (nSPS) is 16.8. The molecule has 2 N–H and O–H groups in total. The summed E-state index contributed by atoms with van der Waals surface area (Å²) in [7, 11) is 0. The summed E-state index contributed by atoms with van der Waals surface area (Å²) in [6, 6.07) is 0. The predicted molar refractivity (Wildman–Crippen MR) is 60.2 cm³/mol. The first-order chi connectivity index (χ1) is 7.99. The molecule has 0 bridgehead atoms. The van der Waals surface area contributed by atoms with Crippen molar-refractivity contribution in [1.82, 2.24) is 9.55 Å². The van der Waals surface area contributed by atoms with Gasteiger partial charge < -0.3 is 5.11 Å². The van der Waals surface area contributed by atoms with Gasteiger partial charge in [0.15, 0.2) is 0 Å². The molecule has 6 heteroatoms. The van der Waals surface area contributed by atoms with E-state index in [1.807, 2.05) is 11.9 Å². The molecule has 6 nitrogen and oxygen atoms in total. The van der Waals surface area contributed by atoms with E-state index < -0.39 is 22.8 Å². The summed E-state index contributed by atoms with van der Waals surface area (Å²) in [5.41, 5.74) is -1.79. The van der Waals surface area contributed by atoms with Crippen LogP contribution in [-0.2, 0) is 6.54 Å². The third kappa shape index (κ3) is 2.46. The lowest BCUT2D eigenvalue weighted by Gasteiger charge is -2.12. The third-order valence-corrected chi connectivity index (χ3v) is 3.15. The molecule has 0 amide bonds. The molecule has 0 saturated heterocycles. The molecular weight excluding hydrogens is 224 g/mol. The molecule has 1 saturated carbocycles. The monoisotopic (exact) mass is 238 g/mol. The van der Waals surface area contributed by atoms with E-state index in [0.717, 1.165) is 19.0 Å². The van der Waals surface area contributed by atoms with Crippen LogP contribution in [-0.4, -0.2) is 20.6 Å². The minimum Gasteiger partial charge on any atom is -0.477 e. The number of aromatic nitrogens is 2. The van der Waals surface area contributed by atoms with Crippen molar-refractivity contribution in [2.75, 3.05) is 0 Å². The second kappa shape index (κ2) is 4.20.